The van der Waals surface area contributed by atoms with E-state index < -0.39 is 0 Å². The Labute approximate surface area is 148 Å². The molecule has 2 aromatic carbocycles. The Morgan fingerprint density at radius 3 is 2.52 bits per heavy atom. The number of benzene rings is 2. The van der Waals surface area contributed by atoms with Crippen LogP contribution in [0.15, 0.2) is 61.2 Å². The second-order valence-electron chi connectivity index (χ2n) is 5.31. The van der Waals surface area contributed by atoms with Crippen molar-refractivity contribution in [3.8, 4) is 0 Å². The molecule has 21 heavy (non-hydrogen) atoms. The second-order valence-corrected chi connectivity index (χ2v) is 8.16. The van der Waals surface area contributed by atoms with E-state index in [0.29, 0.717) is 5.92 Å². The first-order chi connectivity index (χ1) is 10.1. The fourth-order valence-electron chi connectivity index (χ4n) is 1.91. The lowest BCUT2D eigenvalue weighted by Crippen LogP contribution is -2.19. The number of nitrogens with one attached hydrogen (secondary N) is 1. The van der Waals surface area contributed by atoms with Crippen LogP contribution in [0.25, 0.3) is 0 Å². The molecule has 4 heteroatoms. The Bertz CT molecular complexity index is 599. The van der Waals surface area contributed by atoms with E-state index in [1.165, 1.54) is 15.4 Å². The molecule has 0 bridgehead atoms. The molecule has 0 aliphatic heterocycles. The van der Waals surface area contributed by atoms with Gasteiger partial charge in [0, 0.05) is 25.3 Å². The summed E-state index contributed by atoms with van der Waals surface area (Å²) < 4.78 is 2.25. The maximum atomic E-state index is 3.62. The largest absolute Gasteiger partial charge is 0.312 e. The van der Waals surface area contributed by atoms with Crippen LogP contribution in [0.1, 0.15) is 19.4 Å². The van der Waals surface area contributed by atoms with Gasteiger partial charge in [-0.05, 0) is 58.2 Å². The minimum Gasteiger partial charge on any atom is -0.312 e. The molecule has 2 rings (SSSR count). The Kier molecular flexibility index (Phi) is 6.80. The third-order valence-corrected chi connectivity index (χ3v) is 5.58. The summed E-state index contributed by atoms with van der Waals surface area (Å²) in [6, 6.07) is 14.8. The zero-order valence-electron chi connectivity index (χ0n) is 12.2. The van der Waals surface area contributed by atoms with Crippen molar-refractivity contribution in [2.45, 2.75) is 30.2 Å². The average Bonchev–Trinajstić information content (AvgIpc) is 2.43. The topological polar surface area (TPSA) is 12.0 Å². The second kappa shape index (κ2) is 8.37. The Morgan fingerprint density at radius 2 is 1.81 bits per heavy atom. The van der Waals surface area contributed by atoms with E-state index in [1.807, 2.05) is 6.07 Å². The van der Waals surface area contributed by atoms with E-state index in [4.69, 9.17) is 0 Å². The minimum absolute atomic E-state index is 0.666. The van der Waals surface area contributed by atoms with Crippen LogP contribution in [0.5, 0.6) is 0 Å². The van der Waals surface area contributed by atoms with Gasteiger partial charge in [-0.2, -0.15) is 0 Å². The maximum Gasteiger partial charge on any atom is 0.0314 e. The summed E-state index contributed by atoms with van der Waals surface area (Å²) >= 11 is 8.99. The molecule has 0 atom stereocenters. The van der Waals surface area contributed by atoms with Gasteiger partial charge >= 0.3 is 0 Å². The Hall–Kier alpha value is -0.290. The van der Waals surface area contributed by atoms with Crippen molar-refractivity contribution < 1.29 is 0 Å². The predicted octanol–water partition coefficient (Wildman–Crippen LogP) is 6.11. The molecule has 112 valence electrons. The lowest BCUT2D eigenvalue weighted by molar-refractivity contribution is 0.550. The SMILES string of the molecule is CC(C)CNCc1ccc(Br)cc1Sc1ccccc1Br. The molecule has 0 aliphatic rings. The van der Waals surface area contributed by atoms with E-state index in [-0.39, 0.29) is 0 Å². The summed E-state index contributed by atoms with van der Waals surface area (Å²) in [5.41, 5.74) is 1.33. The number of hydrogen-bond donors (Lipinski definition) is 1. The van der Waals surface area contributed by atoms with Crippen LogP contribution in [0, 0.1) is 5.92 Å². The monoisotopic (exact) mass is 427 g/mol. The van der Waals surface area contributed by atoms with E-state index >= 15 is 0 Å². The van der Waals surface area contributed by atoms with Crippen molar-refractivity contribution in [1.29, 1.82) is 0 Å². The van der Waals surface area contributed by atoms with Gasteiger partial charge in [0.1, 0.15) is 0 Å². The first-order valence-corrected chi connectivity index (χ1v) is 9.38. The highest BCUT2D eigenvalue weighted by Gasteiger charge is 2.08. The van der Waals surface area contributed by atoms with Gasteiger partial charge in [0.2, 0.25) is 0 Å². The molecule has 0 amide bonds. The van der Waals surface area contributed by atoms with Crippen LogP contribution >= 0.6 is 43.6 Å². The highest BCUT2D eigenvalue weighted by atomic mass is 79.9. The summed E-state index contributed by atoms with van der Waals surface area (Å²) in [5.74, 6) is 0.666. The zero-order chi connectivity index (χ0) is 15.2. The van der Waals surface area contributed by atoms with Gasteiger partial charge in [0.25, 0.3) is 0 Å². The molecule has 1 N–H and O–H groups in total. The molecule has 0 fully saturated rings. The Balaban J connectivity index is 2.17. The number of hydrogen-bond acceptors (Lipinski definition) is 2. The molecular formula is C17H19Br2NS. The van der Waals surface area contributed by atoms with Crippen molar-refractivity contribution in [2.75, 3.05) is 6.54 Å². The normalized spacial score (nSPS) is 11.1. The molecular weight excluding hydrogens is 410 g/mol. The molecule has 0 spiro atoms. The van der Waals surface area contributed by atoms with Crippen molar-refractivity contribution in [3.63, 3.8) is 0 Å². The predicted molar refractivity (Wildman–Crippen MR) is 99.0 cm³/mol. The van der Waals surface area contributed by atoms with Gasteiger partial charge in [0.05, 0.1) is 0 Å². The van der Waals surface area contributed by atoms with Gasteiger partial charge in [-0.15, -0.1) is 0 Å². The quantitative estimate of drug-likeness (QED) is 0.595. The molecule has 0 aromatic heterocycles. The van der Waals surface area contributed by atoms with Gasteiger partial charge in [-0.1, -0.05) is 59.7 Å². The van der Waals surface area contributed by atoms with Crippen molar-refractivity contribution in [3.05, 3.63) is 57.0 Å². The van der Waals surface area contributed by atoms with Crippen LogP contribution < -0.4 is 5.32 Å². The summed E-state index contributed by atoms with van der Waals surface area (Å²) in [5, 5.41) is 3.52. The number of rotatable bonds is 6. The van der Waals surface area contributed by atoms with E-state index in [0.717, 1.165) is 22.0 Å². The molecule has 1 nitrogen and oxygen atoms in total. The first-order valence-electron chi connectivity index (χ1n) is 6.98. The molecule has 0 radical (unpaired) electrons. The van der Waals surface area contributed by atoms with Gasteiger partial charge in [0.15, 0.2) is 0 Å². The molecule has 0 unspecified atom stereocenters. The molecule has 0 aliphatic carbocycles. The van der Waals surface area contributed by atoms with Crippen LogP contribution in [-0.4, -0.2) is 6.54 Å². The van der Waals surface area contributed by atoms with Crippen LogP contribution in [0.4, 0.5) is 0 Å². The van der Waals surface area contributed by atoms with E-state index in [9.17, 15) is 0 Å². The third-order valence-electron chi connectivity index (χ3n) is 2.95. The zero-order valence-corrected chi connectivity index (χ0v) is 16.2. The van der Waals surface area contributed by atoms with Crippen molar-refractivity contribution in [2.24, 2.45) is 5.92 Å². The number of halogens is 2. The molecule has 0 saturated heterocycles. The molecule has 2 aromatic rings. The van der Waals surface area contributed by atoms with Crippen LogP contribution in [-0.2, 0) is 6.54 Å². The molecule has 0 saturated carbocycles. The minimum atomic E-state index is 0.666. The maximum absolute atomic E-state index is 3.62. The average molecular weight is 429 g/mol. The fourth-order valence-corrected chi connectivity index (χ4v) is 3.96. The summed E-state index contributed by atoms with van der Waals surface area (Å²) in [6.07, 6.45) is 0. The first kappa shape index (κ1) is 17.1. The highest BCUT2D eigenvalue weighted by Crippen LogP contribution is 2.36. The van der Waals surface area contributed by atoms with E-state index in [1.54, 1.807) is 11.8 Å². The van der Waals surface area contributed by atoms with Gasteiger partial charge < -0.3 is 5.32 Å². The lowest BCUT2D eigenvalue weighted by atomic mass is 10.2. The summed E-state index contributed by atoms with van der Waals surface area (Å²) in [7, 11) is 0. The van der Waals surface area contributed by atoms with Gasteiger partial charge in [-0.3, -0.25) is 0 Å². The third kappa shape index (κ3) is 5.44. The van der Waals surface area contributed by atoms with Gasteiger partial charge in [-0.25, -0.2) is 0 Å². The molecule has 0 heterocycles. The fraction of sp³-hybridized carbons (Fsp3) is 0.294. The highest BCUT2D eigenvalue weighted by molar-refractivity contribution is 9.10. The standard InChI is InChI=1S/C17H19Br2NS/c1-12(2)10-20-11-13-7-8-14(18)9-17(13)21-16-6-4-3-5-15(16)19/h3-9,12,20H,10-11H2,1-2H3. The van der Waals surface area contributed by atoms with Crippen molar-refractivity contribution >= 4 is 43.6 Å². The van der Waals surface area contributed by atoms with Crippen LogP contribution in [0.2, 0.25) is 0 Å². The smallest absolute Gasteiger partial charge is 0.0314 e. The lowest BCUT2D eigenvalue weighted by Gasteiger charge is -2.13. The summed E-state index contributed by atoms with van der Waals surface area (Å²) in [6.45, 7) is 6.39. The summed E-state index contributed by atoms with van der Waals surface area (Å²) in [4.78, 5) is 2.52. The van der Waals surface area contributed by atoms with Crippen molar-refractivity contribution in [1.82, 2.24) is 5.32 Å². The van der Waals surface area contributed by atoms with Crippen LogP contribution in [0.3, 0.4) is 0 Å². The Morgan fingerprint density at radius 1 is 1.05 bits per heavy atom. The van der Waals surface area contributed by atoms with E-state index in [2.05, 4.69) is 87.4 Å².